The van der Waals surface area contributed by atoms with Crippen LogP contribution in [0.4, 0.5) is 5.69 Å². The molecule has 1 amide bonds. The van der Waals surface area contributed by atoms with Crippen LogP contribution < -0.4 is 10.0 Å². The third kappa shape index (κ3) is 3.72. The van der Waals surface area contributed by atoms with Crippen molar-refractivity contribution in [3.8, 4) is 0 Å². The van der Waals surface area contributed by atoms with E-state index >= 15 is 0 Å². The molecular weight excluding hydrogens is 366 g/mol. The summed E-state index contributed by atoms with van der Waals surface area (Å²) in [6, 6.07) is 9.74. The number of carbonyl (C=O) groups is 1. The summed E-state index contributed by atoms with van der Waals surface area (Å²) in [6.07, 6.45) is 1.70. The molecule has 0 atom stereocenters. The Labute approximate surface area is 156 Å². The molecule has 0 spiro atoms. The van der Waals surface area contributed by atoms with Gasteiger partial charge in [0, 0.05) is 24.2 Å². The van der Waals surface area contributed by atoms with Crippen molar-refractivity contribution in [3.63, 3.8) is 0 Å². The SMILES string of the molecule is Cc1nc2cc(NC(=O)c3cc(S(=O)(=O)NC4CC4)ccc3C)ccc2o1. The number of sulfonamides is 1. The Morgan fingerprint density at radius 1 is 1.15 bits per heavy atom. The van der Waals surface area contributed by atoms with Crippen LogP contribution in [0.5, 0.6) is 0 Å². The summed E-state index contributed by atoms with van der Waals surface area (Å²) in [6.45, 7) is 3.52. The van der Waals surface area contributed by atoms with Gasteiger partial charge in [0.1, 0.15) is 5.52 Å². The number of benzene rings is 2. The van der Waals surface area contributed by atoms with Crippen LogP contribution in [0.1, 0.15) is 34.7 Å². The standard InChI is InChI=1S/C19H19N3O4S/c1-11-3-7-15(27(24,25)22-13-4-5-13)10-16(11)19(23)21-14-6-8-18-17(9-14)20-12(2)26-18/h3,6-10,13,22H,4-5H2,1-2H3,(H,21,23). The van der Waals surface area contributed by atoms with Crippen LogP contribution in [0.2, 0.25) is 0 Å². The monoisotopic (exact) mass is 385 g/mol. The first-order valence-electron chi connectivity index (χ1n) is 8.63. The zero-order chi connectivity index (χ0) is 19.2. The van der Waals surface area contributed by atoms with E-state index in [1.54, 1.807) is 38.1 Å². The Hall–Kier alpha value is -2.71. The molecule has 2 aromatic carbocycles. The number of hydrogen-bond donors (Lipinski definition) is 2. The first-order chi connectivity index (χ1) is 12.8. The van der Waals surface area contributed by atoms with Crippen LogP contribution in [0.15, 0.2) is 45.7 Å². The molecular formula is C19H19N3O4S. The van der Waals surface area contributed by atoms with Gasteiger partial charge >= 0.3 is 0 Å². The first kappa shape index (κ1) is 17.7. The highest BCUT2D eigenvalue weighted by molar-refractivity contribution is 7.89. The number of fused-ring (bicyclic) bond motifs is 1. The number of anilines is 1. The van der Waals surface area contributed by atoms with Crippen molar-refractivity contribution in [1.29, 1.82) is 0 Å². The molecule has 3 aromatic rings. The minimum Gasteiger partial charge on any atom is -0.441 e. The molecule has 7 nitrogen and oxygen atoms in total. The zero-order valence-electron chi connectivity index (χ0n) is 14.9. The van der Waals surface area contributed by atoms with Gasteiger partial charge in [-0.05, 0) is 55.7 Å². The maximum atomic E-state index is 12.7. The highest BCUT2D eigenvalue weighted by Crippen LogP contribution is 2.24. The van der Waals surface area contributed by atoms with E-state index in [1.807, 2.05) is 0 Å². The molecule has 1 heterocycles. The summed E-state index contributed by atoms with van der Waals surface area (Å²) in [5.41, 5.74) is 2.85. The van der Waals surface area contributed by atoms with E-state index in [4.69, 9.17) is 4.42 Å². The number of carbonyl (C=O) groups excluding carboxylic acids is 1. The summed E-state index contributed by atoms with van der Waals surface area (Å²) in [5.74, 6) is 0.168. The largest absolute Gasteiger partial charge is 0.441 e. The summed E-state index contributed by atoms with van der Waals surface area (Å²) in [4.78, 5) is 17.1. The number of aromatic nitrogens is 1. The minimum atomic E-state index is -3.62. The predicted molar refractivity (Wildman–Crippen MR) is 101 cm³/mol. The quantitative estimate of drug-likeness (QED) is 0.703. The molecule has 1 aliphatic carbocycles. The Balaban J connectivity index is 1.61. The maximum Gasteiger partial charge on any atom is 0.255 e. The second-order valence-electron chi connectivity index (χ2n) is 6.74. The number of rotatable bonds is 5. The Morgan fingerprint density at radius 2 is 1.93 bits per heavy atom. The molecule has 0 radical (unpaired) electrons. The Morgan fingerprint density at radius 3 is 2.67 bits per heavy atom. The summed E-state index contributed by atoms with van der Waals surface area (Å²) in [7, 11) is -3.62. The molecule has 8 heteroatoms. The lowest BCUT2D eigenvalue weighted by molar-refractivity contribution is 0.102. The van der Waals surface area contributed by atoms with Gasteiger partial charge < -0.3 is 9.73 Å². The number of nitrogens with zero attached hydrogens (tertiary/aromatic N) is 1. The second-order valence-corrected chi connectivity index (χ2v) is 8.46. The molecule has 1 aromatic heterocycles. The van der Waals surface area contributed by atoms with E-state index in [9.17, 15) is 13.2 Å². The van der Waals surface area contributed by atoms with Crippen LogP contribution in [-0.2, 0) is 10.0 Å². The maximum absolute atomic E-state index is 12.7. The summed E-state index contributed by atoms with van der Waals surface area (Å²) < 4.78 is 32.9. The molecule has 4 rings (SSSR count). The Kier molecular flexibility index (Phi) is 4.24. The molecule has 1 saturated carbocycles. The van der Waals surface area contributed by atoms with Crippen molar-refractivity contribution in [3.05, 3.63) is 53.4 Å². The topological polar surface area (TPSA) is 101 Å². The predicted octanol–water partition coefficient (Wildman–Crippen LogP) is 3.14. The summed E-state index contributed by atoms with van der Waals surface area (Å²) >= 11 is 0. The lowest BCUT2D eigenvalue weighted by atomic mass is 10.1. The van der Waals surface area contributed by atoms with Crippen LogP contribution in [0, 0.1) is 13.8 Å². The van der Waals surface area contributed by atoms with Gasteiger partial charge in [-0.25, -0.2) is 18.1 Å². The molecule has 0 bridgehead atoms. The number of amides is 1. The van der Waals surface area contributed by atoms with Crippen molar-refractivity contribution in [2.24, 2.45) is 0 Å². The van der Waals surface area contributed by atoms with Gasteiger partial charge in [0.25, 0.3) is 5.91 Å². The molecule has 1 aliphatic rings. The number of hydrogen-bond acceptors (Lipinski definition) is 5. The van der Waals surface area contributed by atoms with Gasteiger partial charge in [-0.1, -0.05) is 6.07 Å². The van der Waals surface area contributed by atoms with Gasteiger partial charge in [-0.3, -0.25) is 4.79 Å². The fraction of sp³-hybridized carbons (Fsp3) is 0.263. The highest BCUT2D eigenvalue weighted by Gasteiger charge is 2.28. The van der Waals surface area contributed by atoms with Crippen molar-refractivity contribution >= 4 is 32.7 Å². The Bertz CT molecular complexity index is 1150. The fourth-order valence-electron chi connectivity index (χ4n) is 2.82. The van der Waals surface area contributed by atoms with Gasteiger partial charge in [-0.15, -0.1) is 0 Å². The number of aryl methyl sites for hydroxylation is 2. The van der Waals surface area contributed by atoms with E-state index in [2.05, 4.69) is 15.0 Å². The van der Waals surface area contributed by atoms with Gasteiger partial charge in [0.15, 0.2) is 11.5 Å². The smallest absolute Gasteiger partial charge is 0.255 e. The lowest BCUT2D eigenvalue weighted by Crippen LogP contribution is -2.26. The average molecular weight is 385 g/mol. The van der Waals surface area contributed by atoms with E-state index in [0.29, 0.717) is 33.8 Å². The molecule has 27 heavy (non-hydrogen) atoms. The van der Waals surface area contributed by atoms with Crippen molar-refractivity contribution in [1.82, 2.24) is 9.71 Å². The van der Waals surface area contributed by atoms with Crippen LogP contribution >= 0.6 is 0 Å². The van der Waals surface area contributed by atoms with Crippen molar-refractivity contribution in [2.45, 2.75) is 37.6 Å². The van der Waals surface area contributed by atoms with E-state index in [1.165, 1.54) is 12.1 Å². The van der Waals surface area contributed by atoms with E-state index in [0.717, 1.165) is 12.8 Å². The lowest BCUT2D eigenvalue weighted by Gasteiger charge is -2.11. The molecule has 2 N–H and O–H groups in total. The van der Waals surface area contributed by atoms with Crippen LogP contribution in [0.3, 0.4) is 0 Å². The average Bonchev–Trinajstić information content (AvgIpc) is 3.32. The van der Waals surface area contributed by atoms with Crippen LogP contribution in [0.25, 0.3) is 11.1 Å². The fourth-order valence-corrected chi connectivity index (χ4v) is 4.15. The van der Waals surface area contributed by atoms with Crippen molar-refractivity contribution < 1.29 is 17.6 Å². The van der Waals surface area contributed by atoms with Gasteiger partial charge in [0.05, 0.1) is 4.90 Å². The van der Waals surface area contributed by atoms with Gasteiger partial charge in [0.2, 0.25) is 10.0 Å². The van der Waals surface area contributed by atoms with Crippen molar-refractivity contribution in [2.75, 3.05) is 5.32 Å². The third-order valence-corrected chi connectivity index (χ3v) is 5.93. The molecule has 1 fully saturated rings. The number of oxazole rings is 1. The van der Waals surface area contributed by atoms with Gasteiger partial charge in [-0.2, -0.15) is 0 Å². The zero-order valence-corrected chi connectivity index (χ0v) is 15.8. The summed E-state index contributed by atoms with van der Waals surface area (Å²) in [5, 5.41) is 2.80. The van der Waals surface area contributed by atoms with E-state index < -0.39 is 10.0 Å². The normalized spacial score (nSPS) is 14.4. The van der Waals surface area contributed by atoms with E-state index in [-0.39, 0.29) is 16.8 Å². The molecule has 140 valence electrons. The molecule has 0 saturated heterocycles. The second kappa shape index (κ2) is 6.47. The third-order valence-electron chi connectivity index (χ3n) is 4.42. The number of nitrogens with one attached hydrogen (secondary N) is 2. The van der Waals surface area contributed by atoms with Crippen LogP contribution in [-0.4, -0.2) is 25.4 Å². The molecule has 0 unspecified atom stereocenters. The minimum absolute atomic E-state index is 0.00576. The first-order valence-corrected chi connectivity index (χ1v) is 10.1. The molecule has 0 aliphatic heterocycles. The highest BCUT2D eigenvalue weighted by atomic mass is 32.2.